The minimum Gasteiger partial charge on any atom is -0.379 e. The van der Waals surface area contributed by atoms with Crippen molar-refractivity contribution in [1.82, 2.24) is 9.29 Å². The average molecular weight is 528 g/mol. The van der Waals surface area contributed by atoms with Crippen molar-refractivity contribution < 1.29 is 17.9 Å². The number of ether oxygens (including phenoxy) is 1. The van der Waals surface area contributed by atoms with Gasteiger partial charge in [0.15, 0.2) is 5.13 Å². The predicted octanol–water partition coefficient (Wildman–Crippen LogP) is 4.82. The molecule has 0 bridgehead atoms. The number of fused-ring (bicyclic) bond motifs is 1. The van der Waals surface area contributed by atoms with Gasteiger partial charge in [0.1, 0.15) is 5.52 Å². The van der Waals surface area contributed by atoms with Crippen molar-refractivity contribution >= 4 is 54.2 Å². The molecule has 0 radical (unpaired) electrons. The van der Waals surface area contributed by atoms with Gasteiger partial charge in [0.25, 0.3) is 5.91 Å². The second-order valence-electron chi connectivity index (χ2n) is 8.00. The second kappa shape index (κ2) is 10.0. The van der Waals surface area contributed by atoms with E-state index in [2.05, 4.69) is 4.98 Å². The molecule has 5 rings (SSSR count). The molecule has 1 amide bonds. The van der Waals surface area contributed by atoms with Crippen molar-refractivity contribution in [3.05, 3.63) is 88.9 Å². The van der Waals surface area contributed by atoms with Gasteiger partial charge in [0.2, 0.25) is 10.0 Å². The number of carbonyl (C=O) groups excluding carboxylic acids is 1. The van der Waals surface area contributed by atoms with Crippen molar-refractivity contribution in [2.24, 2.45) is 0 Å². The molecule has 2 heterocycles. The van der Waals surface area contributed by atoms with Gasteiger partial charge in [0, 0.05) is 18.7 Å². The molecule has 7 nitrogen and oxygen atoms in total. The fourth-order valence-electron chi connectivity index (χ4n) is 3.87. The second-order valence-corrected chi connectivity index (χ2v) is 11.4. The van der Waals surface area contributed by atoms with Crippen LogP contribution in [-0.4, -0.2) is 49.9 Å². The highest BCUT2D eigenvalue weighted by Crippen LogP contribution is 2.34. The van der Waals surface area contributed by atoms with Crippen molar-refractivity contribution in [1.29, 1.82) is 0 Å². The fourth-order valence-corrected chi connectivity index (χ4v) is 6.54. The summed E-state index contributed by atoms with van der Waals surface area (Å²) < 4.78 is 33.4. The quantitative estimate of drug-likeness (QED) is 0.359. The first-order chi connectivity index (χ1) is 16.9. The molecule has 1 aromatic heterocycles. The normalized spacial score (nSPS) is 14.8. The molecule has 0 N–H and O–H groups in total. The van der Waals surface area contributed by atoms with Gasteiger partial charge < -0.3 is 4.74 Å². The summed E-state index contributed by atoms with van der Waals surface area (Å²) in [5.74, 6) is -0.278. The molecule has 0 unspecified atom stereocenters. The van der Waals surface area contributed by atoms with Gasteiger partial charge >= 0.3 is 0 Å². The molecule has 10 heteroatoms. The van der Waals surface area contributed by atoms with Gasteiger partial charge in [-0.2, -0.15) is 4.31 Å². The van der Waals surface area contributed by atoms with E-state index in [0.29, 0.717) is 54.1 Å². The number of hydrogen-bond acceptors (Lipinski definition) is 6. The van der Waals surface area contributed by atoms with E-state index in [1.54, 1.807) is 23.1 Å². The zero-order valence-corrected chi connectivity index (χ0v) is 21.0. The number of hydrogen-bond donors (Lipinski definition) is 0. The number of aromatic nitrogens is 1. The summed E-state index contributed by atoms with van der Waals surface area (Å²) in [7, 11) is -3.64. The molecule has 0 saturated carbocycles. The Hall–Kier alpha value is -2.82. The predicted molar refractivity (Wildman–Crippen MR) is 138 cm³/mol. The maximum atomic E-state index is 13.7. The maximum absolute atomic E-state index is 13.7. The maximum Gasteiger partial charge on any atom is 0.260 e. The van der Waals surface area contributed by atoms with E-state index in [4.69, 9.17) is 16.3 Å². The number of morpholine rings is 1. The van der Waals surface area contributed by atoms with E-state index in [-0.39, 0.29) is 10.8 Å². The van der Waals surface area contributed by atoms with Gasteiger partial charge in [-0.15, -0.1) is 0 Å². The smallest absolute Gasteiger partial charge is 0.260 e. The minimum absolute atomic E-state index is 0.150. The summed E-state index contributed by atoms with van der Waals surface area (Å²) >= 11 is 7.71. The highest BCUT2D eigenvalue weighted by Gasteiger charge is 2.27. The Bertz CT molecular complexity index is 1450. The summed E-state index contributed by atoms with van der Waals surface area (Å²) in [4.78, 5) is 20.1. The van der Waals surface area contributed by atoms with Crippen molar-refractivity contribution in [2.45, 2.75) is 11.4 Å². The lowest BCUT2D eigenvalue weighted by Gasteiger charge is -2.26. The van der Waals surface area contributed by atoms with Gasteiger partial charge in [0.05, 0.1) is 34.4 Å². The van der Waals surface area contributed by atoms with Crippen LogP contribution >= 0.6 is 22.9 Å². The Morgan fingerprint density at radius 3 is 2.40 bits per heavy atom. The number of carbonyl (C=O) groups is 1. The summed E-state index contributed by atoms with van der Waals surface area (Å²) in [6.45, 7) is 1.68. The van der Waals surface area contributed by atoms with Gasteiger partial charge in [-0.1, -0.05) is 59.3 Å². The highest BCUT2D eigenvalue weighted by atomic mass is 35.5. The van der Waals surface area contributed by atoms with Crippen LogP contribution in [-0.2, 0) is 21.3 Å². The van der Waals surface area contributed by atoms with Crippen molar-refractivity contribution in [3.8, 4) is 0 Å². The minimum atomic E-state index is -3.64. The molecule has 4 aromatic rings. The van der Waals surface area contributed by atoms with Crippen LogP contribution in [0.4, 0.5) is 5.13 Å². The number of benzene rings is 3. The molecule has 180 valence electrons. The third-order valence-electron chi connectivity index (χ3n) is 5.73. The summed E-state index contributed by atoms with van der Waals surface area (Å²) in [6, 6.07) is 21.2. The first-order valence-corrected chi connectivity index (χ1v) is 13.7. The van der Waals surface area contributed by atoms with Crippen LogP contribution in [0.2, 0.25) is 5.02 Å². The molecule has 1 saturated heterocycles. The first kappa shape index (κ1) is 23.9. The first-order valence-electron chi connectivity index (χ1n) is 11.0. The molecular formula is C25H22ClN3O4S2. The molecule has 1 fully saturated rings. The lowest BCUT2D eigenvalue weighted by Crippen LogP contribution is -2.40. The van der Waals surface area contributed by atoms with Crippen molar-refractivity contribution in [2.75, 3.05) is 31.2 Å². The molecule has 1 aliphatic heterocycles. The number of amides is 1. The molecule has 3 aromatic carbocycles. The lowest BCUT2D eigenvalue weighted by molar-refractivity contribution is 0.0730. The number of halogens is 1. The Kier molecular flexibility index (Phi) is 6.86. The topological polar surface area (TPSA) is 79.8 Å². The molecular weight excluding hydrogens is 506 g/mol. The van der Waals surface area contributed by atoms with E-state index in [0.717, 1.165) is 10.3 Å². The van der Waals surface area contributed by atoms with Crippen molar-refractivity contribution in [3.63, 3.8) is 0 Å². The summed E-state index contributed by atoms with van der Waals surface area (Å²) in [5, 5.41) is 1.04. The third kappa shape index (κ3) is 4.96. The van der Waals surface area contributed by atoms with Gasteiger partial charge in [-0.25, -0.2) is 13.4 Å². The SMILES string of the molecule is O=C(c1ccc(S(=O)(=O)N2CCOCC2)cc1)N(Cc1ccccc1)c1nc2c(Cl)cccc2s1. The lowest BCUT2D eigenvalue weighted by atomic mass is 10.1. The van der Waals surface area contributed by atoms with Gasteiger partial charge in [-0.05, 0) is 42.0 Å². The summed E-state index contributed by atoms with van der Waals surface area (Å²) in [6.07, 6.45) is 0. The Morgan fingerprint density at radius 2 is 1.71 bits per heavy atom. The molecule has 0 spiro atoms. The van der Waals surface area contributed by atoms with E-state index in [1.807, 2.05) is 42.5 Å². The van der Waals surface area contributed by atoms with E-state index in [9.17, 15) is 13.2 Å². The van der Waals surface area contributed by atoms with E-state index >= 15 is 0 Å². The van der Waals surface area contributed by atoms with Crippen LogP contribution in [0.25, 0.3) is 10.2 Å². The number of thiazole rings is 1. The molecule has 0 atom stereocenters. The van der Waals surface area contributed by atoms with Crippen LogP contribution < -0.4 is 4.90 Å². The number of rotatable bonds is 6. The third-order valence-corrected chi connectivity index (χ3v) is 8.99. The fraction of sp³-hybridized carbons (Fsp3) is 0.200. The number of nitrogens with zero attached hydrogens (tertiary/aromatic N) is 3. The molecule has 0 aliphatic carbocycles. The molecule has 35 heavy (non-hydrogen) atoms. The number of sulfonamides is 1. The van der Waals surface area contributed by atoms with E-state index < -0.39 is 10.0 Å². The average Bonchev–Trinajstić information content (AvgIpc) is 3.34. The zero-order chi connectivity index (χ0) is 24.4. The Morgan fingerprint density at radius 1 is 1.00 bits per heavy atom. The van der Waals surface area contributed by atoms with Gasteiger partial charge in [-0.3, -0.25) is 9.69 Å². The van der Waals surface area contributed by atoms with Crippen LogP contribution in [0.15, 0.2) is 77.7 Å². The van der Waals surface area contributed by atoms with Crippen LogP contribution in [0, 0.1) is 0 Å². The molecule has 1 aliphatic rings. The number of anilines is 1. The van der Waals surface area contributed by atoms with E-state index in [1.165, 1.54) is 27.8 Å². The Balaban J connectivity index is 1.47. The van der Waals surface area contributed by atoms with Crippen LogP contribution in [0.5, 0.6) is 0 Å². The Labute approximate surface area is 212 Å². The van der Waals surface area contributed by atoms with Crippen LogP contribution in [0.3, 0.4) is 0 Å². The van der Waals surface area contributed by atoms with Crippen LogP contribution in [0.1, 0.15) is 15.9 Å². The highest BCUT2D eigenvalue weighted by molar-refractivity contribution is 7.89. The standard InChI is InChI=1S/C25H22ClN3O4S2/c26-21-7-4-8-22-23(21)27-25(34-22)29(17-18-5-2-1-3-6-18)24(30)19-9-11-20(12-10-19)35(31,32)28-13-15-33-16-14-28/h1-12H,13-17H2. The number of para-hydroxylation sites is 1. The zero-order valence-electron chi connectivity index (χ0n) is 18.6. The summed E-state index contributed by atoms with van der Waals surface area (Å²) in [5.41, 5.74) is 1.96. The monoisotopic (exact) mass is 527 g/mol. The largest absolute Gasteiger partial charge is 0.379 e.